The van der Waals surface area contributed by atoms with Crippen LogP contribution in [0.3, 0.4) is 0 Å². The summed E-state index contributed by atoms with van der Waals surface area (Å²) < 4.78 is 0. The highest BCUT2D eigenvalue weighted by atomic mass is 32.1. The number of benzene rings is 1. The zero-order valence-corrected chi connectivity index (χ0v) is 8.34. The zero-order valence-electron chi connectivity index (χ0n) is 7.53. The van der Waals surface area contributed by atoms with Crippen LogP contribution in [0.15, 0.2) is 41.8 Å². The Morgan fingerprint density at radius 2 is 2.00 bits per heavy atom. The van der Waals surface area contributed by atoms with E-state index in [1.54, 1.807) is 11.3 Å². The van der Waals surface area contributed by atoms with Gasteiger partial charge in [-0.2, -0.15) is 0 Å². The fraction of sp³-hybridized carbons (Fsp3) is 0.167. The van der Waals surface area contributed by atoms with Gasteiger partial charge in [-0.25, -0.2) is 0 Å². The van der Waals surface area contributed by atoms with E-state index in [0.717, 1.165) is 0 Å². The van der Waals surface area contributed by atoms with Gasteiger partial charge in [0.1, 0.15) is 0 Å². The van der Waals surface area contributed by atoms with Crippen LogP contribution in [0.25, 0.3) is 0 Å². The fourth-order valence-corrected chi connectivity index (χ4v) is 2.13. The Hall–Kier alpha value is -1.08. The van der Waals surface area contributed by atoms with Crippen LogP contribution in [0.5, 0.6) is 0 Å². The number of rotatable bonds is 2. The van der Waals surface area contributed by atoms with Crippen LogP contribution in [0.2, 0.25) is 0 Å². The lowest BCUT2D eigenvalue weighted by atomic mass is 10.00. The van der Waals surface area contributed by atoms with Gasteiger partial charge in [0.15, 0.2) is 0 Å². The average molecular weight is 187 g/mol. The van der Waals surface area contributed by atoms with Crippen molar-refractivity contribution in [3.8, 4) is 0 Å². The molecule has 1 atom stereocenters. The predicted molar refractivity (Wildman–Crippen MR) is 57.1 cm³/mol. The van der Waals surface area contributed by atoms with Gasteiger partial charge in [0.25, 0.3) is 0 Å². The average Bonchev–Trinajstić information content (AvgIpc) is 2.71. The normalized spacial score (nSPS) is 12.7. The summed E-state index contributed by atoms with van der Waals surface area (Å²) in [6, 6.07) is 15.7. The Morgan fingerprint density at radius 1 is 1.23 bits per heavy atom. The molecule has 0 spiro atoms. The van der Waals surface area contributed by atoms with Crippen molar-refractivity contribution < 1.29 is 0 Å². The number of thiophene rings is 1. The molecule has 13 heavy (non-hydrogen) atoms. The molecule has 0 aliphatic carbocycles. The first kappa shape index (κ1) is 8.52. The standard InChI is InChI=1S/C12H11S/c1-10(12-8-5-9-13-12)11-6-3-2-4-7-11/h2-4,6-10H,1H3. The highest BCUT2D eigenvalue weighted by molar-refractivity contribution is 7.10. The maximum Gasteiger partial charge on any atom is 0.0155 e. The lowest BCUT2D eigenvalue weighted by molar-refractivity contribution is 0.948. The maximum absolute atomic E-state index is 3.10. The molecule has 1 aromatic carbocycles. The third kappa shape index (κ3) is 1.81. The molecule has 65 valence electrons. The molecule has 0 aliphatic heterocycles. The summed E-state index contributed by atoms with van der Waals surface area (Å²) in [4.78, 5) is 1.38. The maximum atomic E-state index is 3.10. The minimum absolute atomic E-state index is 0.498. The molecule has 0 saturated heterocycles. The first-order valence-electron chi connectivity index (χ1n) is 4.37. The van der Waals surface area contributed by atoms with Gasteiger partial charge in [-0.3, -0.25) is 0 Å². The van der Waals surface area contributed by atoms with Crippen LogP contribution in [0.4, 0.5) is 0 Å². The molecule has 1 unspecified atom stereocenters. The second-order valence-electron chi connectivity index (χ2n) is 3.08. The highest BCUT2D eigenvalue weighted by Crippen LogP contribution is 2.26. The van der Waals surface area contributed by atoms with Gasteiger partial charge < -0.3 is 0 Å². The fourth-order valence-electron chi connectivity index (χ4n) is 1.39. The van der Waals surface area contributed by atoms with Crippen molar-refractivity contribution in [2.45, 2.75) is 12.8 Å². The van der Waals surface area contributed by atoms with Gasteiger partial charge in [0.2, 0.25) is 0 Å². The molecule has 0 saturated carbocycles. The lowest BCUT2D eigenvalue weighted by Gasteiger charge is -2.08. The van der Waals surface area contributed by atoms with E-state index in [-0.39, 0.29) is 0 Å². The van der Waals surface area contributed by atoms with E-state index < -0.39 is 0 Å². The summed E-state index contributed by atoms with van der Waals surface area (Å²) in [7, 11) is 0. The molecule has 0 bridgehead atoms. The monoisotopic (exact) mass is 187 g/mol. The molecule has 0 nitrogen and oxygen atoms in total. The van der Waals surface area contributed by atoms with E-state index in [9.17, 15) is 0 Å². The minimum Gasteiger partial charge on any atom is -0.148 e. The van der Waals surface area contributed by atoms with Crippen LogP contribution in [0.1, 0.15) is 23.3 Å². The zero-order chi connectivity index (χ0) is 9.10. The van der Waals surface area contributed by atoms with Crippen LogP contribution >= 0.6 is 11.3 Å². The van der Waals surface area contributed by atoms with Crippen LogP contribution in [0, 0.1) is 6.07 Å². The molecule has 1 aromatic heterocycles. The Kier molecular flexibility index (Phi) is 2.46. The van der Waals surface area contributed by atoms with Crippen molar-refractivity contribution in [3.63, 3.8) is 0 Å². The third-order valence-corrected chi connectivity index (χ3v) is 3.21. The van der Waals surface area contributed by atoms with Crippen LogP contribution < -0.4 is 0 Å². The summed E-state index contributed by atoms with van der Waals surface area (Å²) in [5, 5.41) is 2.01. The lowest BCUT2D eigenvalue weighted by Crippen LogP contribution is -1.91. The highest BCUT2D eigenvalue weighted by Gasteiger charge is 2.07. The largest absolute Gasteiger partial charge is 0.148 e. The SMILES string of the molecule is CC(c1ccccc1)c1c[c]cs1. The van der Waals surface area contributed by atoms with Crippen LogP contribution in [-0.2, 0) is 0 Å². The topological polar surface area (TPSA) is 0 Å². The summed E-state index contributed by atoms with van der Waals surface area (Å²) in [5.74, 6) is 0.498. The Morgan fingerprint density at radius 3 is 2.62 bits per heavy atom. The van der Waals surface area contributed by atoms with Gasteiger partial charge in [0.05, 0.1) is 0 Å². The first-order valence-corrected chi connectivity index (χ1v) is 5.25. The van der Waals surface area contributed by atoms with Gasteiger partial charge in [-0.05, 0) is 23.1 Å². The number of hydrogen-bond donors (Lipinski definition) is 0. The molecule has 0 N–H and O–H groups in total. The van der Waals surface area contributed by atoms with E-state index in [4.69, 9.17) is 0 Å². The molecule has 2 aromatic rings. The van der Waals surface area contributed by atoms with E-state index in [1.807, 2.05) is 5.38 Å². The van der Waals surface area contributed by atoms with E-state index in [1.165, 1.54) is 10.4 Å². The van der Waals surface area contributed by atoms with Gasteiger partial charge in [0, 0.05) is 10.8 Å². The molecule has 0 amide bonds. The molecule has 0 fully saturated rings. The van der Waals surface area contributed by atoms with Crippen molar-refractivity contribution in [1.29, 1.82) is 0 Å². The Bertz CT molecular complexity index is 348. The minimum atomic E-state index is 0.498. The van der Waals surface area contributed by atoms with Crippen LogP contribution in [-0.4, -0.2) is 0 Å². The molecule has 2 rings (SSSR count). The van der Waals surface area contributed by atoms with E-state index in [2.05, 4.69) is 49.4 Å². The molecule has 1 heteroatoms. The second-order valence-corrected chi connectivity index (χ2v) is 4.02. The van der Waals surface area contributed by atoms with Crippen molar-refractivity contribution in [1.82, 2.24) is 0 Å². The molecule has 0 aliphatic rings. The summed E-state index contributed by atoms with van der Waals surface area (Å²) in [6.45, 7) is 2.23. The predicted octanol–water partition coefficient (Wildman–Crippen LogP) is 3.70. The Labute approximate surface area is 82.9 Å². The molecular weight excluding hydrogens is 176 g/mol. The summed E-state index contributed by atoms with van der Waals surface area (Å²) in [6.07, 6.45) is 0. The number of hydrogen-bond acceptors (Lipinski definition) is 1. The van der Waals surface area contributed by atoms with Gasteiger partial charge in [-0.15, -0.1) is 11.3 Å². The third-order valence-electron chi connectivity index (χ3n) is 2.21. The quantitative estimate of drug-likeness (QED) is 0.672. The van der Waals surface area contributed by atoms with Crippen molar-refractivity contribution >= 4 is 11.3 Å². The molecule has 1 heterocycles. The second kappa shape index (κ2) is 3.75. The Balaban J connectivity index is 2.29. The summed E-state index contributed by atoms with van der Waals surface area (Å²) in [5.41, 5.74) is 1.37. The van der Waals surface area contributed by atoms with Crippen molar-refractivity contribution in [2.75, 3.05) is 0 Å². The van der Waals surface area contributed by atoms with Gasteiger partial charge >= 0.3 is 0 Å². The molecule has 1 radical (unpaired) electrons. The van der Waals surface area contributed by atoms with E-state index in [0.29, 0.717) is 5.92 Å². The van der Waals surface area contributed by atoms with Crippen molar-refractivity contribution in [2.24, 2.45) is 0 Å². The summed E-state index contributed by atoms with van der Waals surface area (Å²) >= 11 is 1.77. The molecular formula is C12H11S. The van der Waals surface area contributed by atoms with Crippen molar-refractivity contribution in [3.05, 3.63) is 58.3 Å². The van der Waals surface area contributed by atoms with Gasteiger partial charge in [-0.1, -0.05) is 37.3 Å². The van der Waals surface area contributed by atoms with E-state index >= 15 is 0 Å². The first-order chi connectivity index (χ1) is 6.38. The smallest absolute Gasteiger partial charge is 0.0155 e.